The van der Waals surface area contributed by atoms with E-state index < -0.39 is 0 Å². The summed E-state index contributed by atoms with van der Waals surface area (Å²) in [5.74, 6) is 1.14. The highest BCUT2D eigenvalue weighted by Crippen LogP contribution is 2.36. The maximum absolute atomic E-state index is 14.9. The van der Waals surface area contributed by atoms with Gasteiger partial charge in [0.1, 0.15) is 5.82 Å². The Kier molecular flexibility index (Phi) is 7.03. The van der Waals surface area contributed by atoms with Crippen LogP contribution in [0.3, 0.4) is 0 Å². The molecule has 162 valence electrons. The molecule has 1 aliphatic carbocycles. The molecule has 0 aromatic heterocycles. The Bertz CT molecular complexity index is 971. The van der Waals surface area contributed by atoms with Gasteiger partial charge in [-0.2, -0.15) is 0 Å². The minimum atomic E-state index is -0.184. The second-order valence-corrected chi connectivity index (χ2v) is 8.77. The molecule has 1 aliphatic rings. The van der Waals surface area contributed by atoms with Crippen molar-refractivity contribution in [2.45, 2.75) is 44.9 Å². The topological polar surface area (TPSA) is 38.0 Å². The van der Waals surface area contributed by atoms with Gasteiger partial charge in [0.15, 0.2) is 0 Å². The predicted molar refractivity (Wildman–Crippen MR) is 130 cm³/mol. The molecule has 0 heterocycles. The Morgan fingerprint density at radius 1 is 0.839 bits per heavy atom. The van der Waals surface area contributed by atoms with Gasteiger partial charge >= 0.3 is 0 Å². The van der Waals surface area contributed by atoms with Crippen LogP contribution in [0, 0.1) is 11.7 Å². The molecule has 0 aliphatic heterocycles. The number of anilines is 1. The molecule has 31 heavy (non-hydrogen) atoms. The first-order chi connectivity index (χ1) is 15.2. The Hall–Kier alpha value is -2.65. The molecule has 3 aromatic carbocycles. The number of nitrogens with two attached hydrogens (primary N) is 1. The normalized spacial score (nSPS) is 18.7. The van der Waals surface area contributed by atoms with Crippen LogP contribution in [0.2, 0.25) is 0 Å². The first-order valence-corrected chi connectivity index (χ1v) is 11.6. The van der Waals surface area contributed by atoms with Crippen molar-refractivity contribution in [1.82, 2.24) is 0 Å². The van der Waals surface area contributed by atoms with Crippen LogP contribution in [0.15, 0.2) is 66.7 Å². The molecule has 0 atom stereocenters. The Balaban J connectivity index is 1.46. The van der Waals surface area contributed by atoms with Gasteiger partial charge in [0.05, 0.1) is 0 Å². The van der Waals surface area contributed by atoms with Crippen molar-refractivity contribution in [1.29, 1.82) is 0 Å². The zero-order chi connectivity index (χ0) is 21.6. The standard InChI is InChI=1S/C28H33FN2/c1-2-17-31-26-14-11-24(12-15-26)27-16-13-25(18-28(27)29)23-9-7-22(8-10-23)21-5-3-20(19-30)4-6-21/h7-16,18,20-21,31H,2-6,17,19,30H2,1H3. The molecule has 2 nitrogen and oxygen atoms in total. The molecule has 3 N–H and O–H groups in total. The van der Waals surface area contributed by atoms with Crippen LogP contribution >= 0.6 is 0 Å². The van der Waals surface area contributed by atoms with Gasteiger partial charge in [-0.1, -0.05) is 55.5 Å². The number of benzene rings is 3. The van der Waals surface area contributed by atoms with Crippen molar-refractivity contribution in [2.24, 2.45) is 11.7 Å². The number of halogens is 1. The van der Waals surface area contributed by atoms with Crippen molar-refractivity contribution in [3.63, 3.8) is 0 Å². The van der Waals surface area contributed by atoms with E-state index in [1.807, 2.05) is 36.4 Å². The molecule has 0 unspecified atom stereocenters. The van der Waals surface area contributed by atoms with Gasteiger partial charge in [-0.15, -0.1) is 0 Å². The molecule has 4 rings (SSSR count). The van der Waals surface area contributed by atoms with E-state index in [1.54, 1.807) is 6.07 Å². The largest absolute Gasteiger partial charge is 0.385 e. The summed E-state index contributed by atoms with van der Waals surface area (Å²) in [6.07, 6.45) is 5.97. The molecule has 0 saturated heterocycles. The first kappa shape index (κ1) is 21.6. The highest BCUT2D eigenvalue weighted by Gasteiger charge is 2.21. The maximum atomic E-state index is 14.9. The minimum Gasteiger partial charge on any atom is -0.385 e. The zero-order valence-electron chi connectivity index (χ0n) is 18.4. The van der Waals surface area contributed by atoms with Crippen molar-refractivity contribution >= 4 is 5.69 Å². The lowest BCUT2D eigenvalue weighted by Gasteiger charge is -2.28. The van der Waals surface area contributed by atoms with E-state index in [-0.39, 0.29) is 5.82 Å². The van der Waals surface area contributed by atoms with E-state index in [4.69, 9.17) is 5.73 Å². The SMILES string of the molecule is CCCNc1ccc(-c2ccc(-c3ccc(C4CCC(CN)CC4)cc3)cc2F)cc1. The monoisotopic (exact) mass is 416 g/mol. The van der Waals surface area contributed by atoms with Gasteiger partial charge in [0.25, 0.3) is 0 Å². The van der Waals surface area contributed by atoms with Crippen LogP contribution < -0.4 is 11.1 Å². The van der Waals surface area contributed by atoms with Crippen LogP contribution in [-0.2, 0) is 0 Å². The van der Waals surface area contributed by atoms with Crippen LogP contribution in [0.5, 0.6) is 0 Å². The molecule has 3 aromatic rings. The minimum absolute atomic E-state index is 0.184. The van der Waals surface area contributed by atoms with E-state index in [0.717, 1.165) is 41.9 Å². The molecular weight excluding hydrogens is 383 g/mol. The average molecular weight is 417 g/mol. The quantitative estimate of drug-likeness (QED) is 0.427. The van der Waals surface area contributed by atoms with E-state index >= 15 is 0 Å². The van der Waals surface area contributed by atoms with Crippen molar-refractivity contribution in [2.75, 3.05) is 18.4 Å². The predicted octanol–water partition coefficient (Wildman–Crippen LogP) is 7.21. The summed E-state index contributed by atoms with van der Waals surface area (Å²) >= 11 is 0. The van der Waals surface area contributed by atoms with E-state index in [9.17, 15) is 4.39 Å². The van der Waals surface area contributed by atoms with Crippen molar-refractivity contribution < 1.29 is 4.39 Å². The van der Waals surface area contributed by atoms with E-state index in [2.05, 4.69) is 36.5 Å². The number of hydrogen-bond acceptors (Lipinski definition) is 2. The van der Waals surface area contributed by atoms with Gasteiger partial charge in [-0.3, -0.25) is 0 Å². The first-order valence-electron chi connectivity index (χ1n) is 11.6. The van der Waals surface area contributed by atoms with Crippen LogP contribution in [0.1, 0.15) is 50.5 Å². The number of rotatable bonds is 7. The highest BCUT2D eigenvalue weighted by atomic mass is 19.1. The lowest BCUT2D eigenvalue weighted by atomic mass is 9.78. The molecule has 0 amide bonds. The van der Waals surface area contributed by atoms with Crippen molar-refractivity contribution in [3.8, 4) is 22.3 Å². The molecule has 0 bridgehead atoms. The van der Waals surface area contributed by atoms with Gasteiger partial charge in [-0.25, -0.2) is 4.39 Å². The summed E-state index contributed by atoms with van der Waals surface area (Å²) in [6, 6.07) is 22.2. The fourth-order valence-corrected chi connectivity index (χ4v) is 4.64. The summed E-state index contributed by atoms with van der Waals surface area (Å²) in [5.41, 5.74) is 11.8. The average Bonchev–Trinajstić information content (AvgIpc) is 2.83. The Morgan fingerprint density at radius 2 is 1.48 bits per heavy atom. The number of nitrogens with one attached hydrogen (secondary N) is 1. The molecule has 0 radical (unpaired) electrons. The Labute approximate surface area is 185 Å². The van der Waals surface area contributed by atoms with Crippen LogP contribution in [0.4, 0.5) is 10.1 Å². The van der Waals surface area contributed by atoms with Gasteiger partial charge in [-0.05, 0) is 90.9 Å². The second kappa shape index (κ2) is 10.1. The van der Waals surface area contributed by atoms with Crippen LogP contribution in [0.25, 0.3) is 22.3 Å². The van der Waals surface area contributed by atoms with Gasteiger partial charge in [0.2, 0.25) is 0 Å². The fraction of sp³-hybridized carbons (Fsp3) is 0.357. The van der Waals surface area contributed by atoms with Gasteiger partial charge in [0, 0.05) is 17.8 Å². The van der Waals surface area contributed by atoms with E-state index in [0.29, 0.717) is 17.4 Å². The summed E-state index contributed by atoms with van der Waals surface area (Å²) < 4.78 is 14.9. The van der Waals surface area contributed by atoms with E-state index in [1.165, 1.54) is 31.2 Å². The van der Waals surface area contributed by atoms with Crippen LogP contribution in [-0.4, -0.2) is 13.1 Å². The van der Waals surface area contributed by atoms with Crippen molar-refractivity contribution in [3.05, 3.63) is 78.1 Å². The third-order valence-electron chi connectivity index (χ3n) is 6.64. The molecule has 3 heteroatoms. The van der Waals surface area contributed by atoms with Gasteiger partial charge < -0.3 is 11.1 Å². The lowest BCUT2D eigenvalue weighted by molar-refractivity contribution is 0.333. The molecular formula is C28H33FN2. The maximum Gasteiger partial charge on any atom is 0.131 e. The summed E-state index contributed by atoms with van der Waals surface area (Å²) in [5, 5.41) is 3.35. The third-order valence-corrected chi connectivity index (χ3v) is 6.64. The summed E-state index contributed by atoms with van der Waals surface area (Å²) in [7, 11) is 0. The third kappa shape index (κ3) is 5.16. The second-order valence-electron chi connectivity index (χ2n) is 8.77. The summed E-state index contributed by atoms with van der Waals surface area (Å²) in [4.78, 5) is 0. The smallest absolute Gasteiger partial charge is 0.131 e. The summed E-state index contributed by atoms with van der Waals surface area (Å²) in [6.45, 7) is 3.89. The number of hydrogen-bond donors (Lipinski definition) is 2. The fourth-order valence-electron chi connectivity index (χ4n) is 4.64. The molecule has 1 saturated carbocycles. The Morgan fingerprint density at radius 3 is 2.10 bits per heavy atom. The zero-order valence-corrected chi connectivity index (χ0v) is 18.4. The molecule has 1 fully saturated rings. The molecule has 0 spiro atoms. The lowest BCUT2D eigenvalue weighted by Crippen LogP contribution is -2.20. The highest BCUT2D eigenvalue weighted by molar-refractivity contribution is 5.72.